The first-order chi connectivity index (χ1) is 35.1. The average molecular weight is 1020 g/mol. The summed E-state index contributed by atoms with van der Waals surface area (Å²) < 4.78 is 14.0. The van der Waals surface area contributed by atoms with E-state index in [0.29, 0.717) is 62.3 Å². The molecule has 0 radical (unpaired) electrons. The Labute approximate surface area is 432 Å². The minimum atomic E-state index is -0.920. The van der Waals surface area contributed by atoms with Crippen molar-refractivity contribution in [3.8, 4) is 33.2 Å². The summed E-state index contributed by atoms with van der Waals surface area (Å²) in [5.74, 6) is 0.838. The number of rotatable bonds is 21. The van der Waals surface area contributed by atoms with E-state index in [2.05, 4.69) is 55.2 Å². The van der Waals surface area contributed by atoms with Crippen LogP contribution in [0, 0.1) is 19.3 Å². The van der Waals surface area contributed by atoms with Crippen molar-refractivity contribution >= 4 is 40.9 Å². The number of carbonyl (C=O) groups excluding carboxylic acids is 5. The van der Waals surface area contributed by atoms with E-state index in [1.807, 2.05) is 64.4 Å². The third-order valence-corrected chi connectivity index (χ3v) is 15.2. The molecule has 2 aromatic heterocycles. The number of amides is 5. The van der Waals surface area contributed by atoms with E-state index in [-0.39, 0.29) is 55.6 Å². The highest BCUT2D eigenvalue weighted by Gasteiger charge is 2.44. The van der Waals surface area contributed by atoms with E-state index in [4.69, 9.17) is 14.5 Å². The largest absolute Gasteiger partial charge is 0.496 e. The monoisotopic (exact) mass is 1010 g/mol. The van der Waals surface area contributed by atoms with Crippen LogP contribution in [0.2, 0.25) is 0 Å². The molecule has 17 heteroatoms. The minimum Gasteiger partial charge on any atom is -0.496 e. The number of fused-ring (bicyclic) bond motifs is 2. The normalized spacial score (nSPS) is 17.4. The molecule has 5 amide bonds. The number of aliphatic hydroxyl groups excluding tert-OH is 1. The molecule has 1 saturated heterocycles. The number of β-amino-alcohol motifs (C(OH)–C–C–N with tert-alkyl or cyclic N) is 1. The van der Waals surface area contributed by atoms with Crippen LogP contribution < -0.4 is 30.7 Å². The molecule has 0 unspecified atom stereocenters. The van der Waals surface area contributed by atoms with Gasteiger partial charge >= 0.3 is 0 Å². The fourth-order valence-electron chi connectivity index (χ4n) is 10.0. The van der Waals surface area contributed by atoms with Gasteiger partial charge in [0.1, 0.15) is 29.4 Å². The van der Waals surface area contributed by atoms with Gasteiger partial charge in [0.15, 0.2) is 0 Å². The van der Waals surface area contributed by atoms with Crippen molar-refractivity contribution in [3.05, 3.63) is 106 Å². The number of aryl methyl sites for hydroxylation is 4. The Kier molecular flexibility index (Phi) is 17.0. The van der Waals surface area contributed by atoms with Gasteiger partial charge in [0, 0.05) is 74.7 Å². The zero-order chi connectivity index (χ0) is 51.8. The van der Waals surface area contributed by atoms with Crippen LogP contribution in [0.25, 0.3) is 21.7 Å². The van der Waals surface area contributed by atoms with Gasteiger partial charge in [-0.25, -0.2) is 9.97 Å². The zero-order valence-electron chi connectivity index (χ0n) is 43.0. The number of carbonyl (C=O) groups is 5. The van der Waals surface area contributed by atoms with Gasteiger partial charge in [-0.2, -0.15) is 0 Å². The van der Waals surface area contributed by atoms with Crippen molar-refractivity contribution in [3.63, 3.8) is 0 Å². The van der Waals surface area contributed by atoms with Gasteiger partial charge in [-0.1, -0.05) is 63.6 Å². The zero-order valence-corrected chi connectivity index (χ0v) is 43.8. The van der Waals surface area contributed by atoms with Gasteiger partial charge < -0.3 is 45.3 Å². The van der Waals surface area contributed by atoms with Gasteiger partial charge in [0.2, 0.25) is 23.6 Å². The lowest BCUT2D eigenvalue weighted by Crippen LogP contribution is -2.57. The lowest BCUT2D eigenvalue weighted by atomic mass is 9.85. The summed E-state index contributed by atoms with van der Waals surface area (Å²) in [6.45, 7) is 11.4. The maximum atomic E-state index is 14.1. The number of thiazole rings is 1. The molecule has 0 bridgehead atoms. The molecule has 388 valence electrons. The van der Waals surface area contributed by atoms with Crippen LogP contribution in [0.1, 0.15) is 129 Å². The molecule has 73 heavy (non-hydrogen) atoms. The SMILES string of the molecule is COc1cc(C(=O)N[C@@H]2CCc3ccc(-c4cn5c(n4)CCC5)cc32)cc(OCCCNC(=O)CCCCCC(=O)N[C@H](C(=O)N2C[C@H](O)C[C@H]2C(=O)NCc2ccc(-c3scnc3C)cc2)C(C)(C)C)c1C. The molecule has 5 aromatic rings. The quantitative estimate of drug-likeness (QED) is 0.0464. The lowest BCUT2D eigenvalue weighted by molar-refractivity contribution is -0.144. The van der Waals surface area contributed by atoms with Gasteiger partial charge in [0.05, 0.1) is 47.6 Å². The Balaban J connectivity index is 0.733. The number of nitrogens with zero attached hydrogens (tertiary/aromatic N) is 4. The first kappa shape index (κ1) is 52.7. The van der Waals surface area contributed by atoms with Crippen LogP contribution >= 0.6 is 11.3 Å². The van der Waals surface area contributed by atoms with Crippen LogP contribution in [0.4, 0.5) is 0 Å². The second kappa shape index (κ2) is 23.5. The van der Waals surface area contributed by atoms with Gasteiger partial charge in [-0.15, -0.1) is 11.3 Å². The molecule has 5 N–H and O–H groups in total. The summed E-state index contributed by atoms with van der Waals surface area (Å²) in [6, 6.07) is 15.9. The molecule has 0 saturated carbocycles. The predicted molar refractivity (Wildman–Crippen MR) is 280 cm³/mol. The summed E-state index contributed by atoms with van der Waals surface area (Å²) >= 11 is 1.57. The highest BCUT2D eigenvalue weighted by Crippen LogP contribution is 2.37. The molecular formula is C56H70N8O8S. The molecule has 4 atom stereocenters. The van der Waals surface area contributed by atoms with Gasteiger partial charge in [-0.3, -0.25) is 24.0 Å². The van der Waals surface area contributed by atoms with Crippen LogP contribution in [0.5, 0.6) is 11.5 Å². The Morgan fingerprint density at radius 2 is 1.66 bits per heavy atom. The number of imidazole rings is 1. The summed E-state index contributed by atoms with van der Waals surface area (Å²) in [4.78, 5) is 78.9. The third-order valence-electron chi connectivity index (χ3n) is 14.2. The number of methoxy groups -OCH3 is 1. The van der Waals surface area contributed by atoms with Crippen LogP contribution in [0.3, 0.4) is 0 Å². The molecule has 3 aliphatic rings. The van der Waals surface area contributed by atoms with E-state index in [9.17, 15) is 29.1 Å². The van der Waals surface area contributed by atoms with Crippen LogP contribution in [-0.4, -0.2) is 99.1 Å². The average Bonchev–Trinajstić information content (AvgIpc) is 4.23. The Morgan fingerprint density at radius 3 is 2.38 bits per heavy atom. The number of hydrogen-bond acceptors (Lipinski definition) is 11. The Hall–Kier alpha value is -6.59. The molecule has 4 heterocycles. The van der Waals surface area contributed by atoms with E-state index < -0.39 is 29.5 Å². The topological polar surface area (TPSA) is 206 Å². The summed E-state index contributed by atoms with van der Waals surface area (Å²) in [5, 5.41) is 22.7. The highest BCUT2D eigenvalue weighted by atomic mass is 32.1. The van der Waals surface area contributed by atoms with E-state index >= 15 is 0 Å². The maximum Gasteiger partial charge on any atom is 0.252 e. The molecule has 16 nitrogen and oxygen atoms in total. The number of aliphatic hydroxyl groups is 1. The van der Waals surface area contributed by atoms with Crippen molar-refractivity contribution in [2.45, 2.75) is 143 Å². The summed E-state index contributed by atoms with van der Waals surface area (Å²) in [6.07, 6.45) is 7.96. The van der Waals surface area contributed by atoms with Crippen LogP contribution in [-0.2, 0) is 45.1 Å². The molecule has 1 aliphatic carbocycles. The van der Waals surface area contributed by atoms with Crippen molar-refractivity contribution in [2.75, 3.05) is 26.8 Å². The van der Waals surface area contributed by atoms with Crippen LogP contribution in [0.15, 0.2) is 66.3 Å². The van der Waals surface area contributed by atoms with Gasteiger partial charge in [-0.05, 0) is 98.2 Å². The van der Waals surface area contributed by atoms with Crippen molar-refractivity contribution < 1.29 is 38.6 Å². The maximum absolute atomic E-state index is 14.1. The number of likely N-dealkylation sites (tertiary alicyclic amines) is 1. The number of hydrogen-bond donors (Lipinski definition) is 5. The van der Waals surface area contributed by atoms with Crippen molar-refractivity contribution in [2.24, 2.45) is 5.41 Å². The minimum absolute atomic E-state index is 0.00608. The summed E-state index contributed by atoms with van der Waals surface area (Å²) in [7, 11) is 1.57. The number of aromatic nitrogens is 3. The fraction of sp³-hybridized carbons (Fsp3) is 0.482. The van der Waals surface area contributed by atoms with Gasteiger partial charge in [0.25, 0.3) is 5.91 Å². The van der Waals surface area contributed by atoms with Crippen molar-refractivity contribution in [1.29, 1.82) is 0 Å². The van der Waals surface area contributed by atoms with Crippen molar-refractivity contribution in [1.82, 2.24) is 40.7 Å². The summed E-state index contributed by atoms with van der Waals surface area (Å²) in [5.41, 5.74) is 9.64. The Bertz CT molecular complexity index is 2780. The molecular weight excluding hydrogens is 945 g/mol. The lowest BCUT2D eigenvalue weighted by Gasteiger charge is -2.35. The molecule has 0 spiro atoms. The highest BCUT2D eigenvalue weighted by molar-refractivity contribution is 7.13. The number of benzene rings is 3. The number of ether oxygens (including phenoxy) is 2. The second-order valence-electron chi connectivity index (χ2n) is 20.7. The van der Waals surface area contributed by atoms with E-state index in [0.717, 1.165) is 82.1 Å². The molecule has 2 aliphatic heterocycles. The standard InChI is InChI=1S/C56H70N8O8S/c1-34-46(71-6)27-40(53(68)61-43-22-21-37-19-20-39(26-42(37)43)44-32-63-24-10-12-48(63)60-44)28-47(34)72-25-11-23-57-49(66)13-8-7-9-14-50(67)62-52(56(3,4)5)55(70)64-31-41(65)29-45(64)54(69)58-30-36-15-17-38(18-16-36)51-35(2)59-33-73-51/h15-20,26-28,32-33,41,43,45,52,65H,7-14,21-25,29-31H2,1-6H3,(H,57,66)(H,58,69)(H,61,68)(H,62,67)/t41-,43-,45+,52-/m1/s1. The first-order valence-corrected chi connectivity index (χ1v) is 26.6. The first-order valence-electron chi connectivity index (χ1n) is 25.7. The third kappa shape index (κ3) is 13.0. The van der Waals surface area contributed by atoms with E-state index in [1.165, 1.54) is 10.5 Å². The van der Waals surface area contributed by atoms with E-state index in [1.54, 1.807) is 30.6 Å². The Morgan fingerprint density at radius 1 is 0.904 bits per heavy atom. The molecule has 8 rings (SSSR count). The fourth-order valence-corrected chi connectivity index (χ4v) is 10.8. The smallest absolute Gasteiger partial charge is 0.252 e. The molecule has 1 fully saturated rings. The second-order valence-corrected chi connectivity index (χ2v) is 21.5. The number of nitrogens with one attached hydrogen (secondary N) is 4. The molecule has 3 aromatic carbocycles. The number of unbranched alkanes of at least 4 members (excludes halogenated alkanes) is 2. The predicted octanol–water partition coefficient (Wildman–Crippen LogP) is 7.31.